The van der Waals surface area contributed by atoms with Gasteiger partial charge in [-0.05, 0) is 32.0 Å². The van der Waals surface area contributed by atoms with Crippen molar-refractivity contribution in [1.82, 2.24) is 4.72 Å². The van der Waals surface area contributed by atoms with E-state index in [0.717, 1.165) is 0 Å². The predicted octanol–water partition coefficient (Wildman–Crippen LogP) is 3.54. The number of furan rings is 1. The molecule has 1 aromatic heterocycles. The lowest BCUT2D eigenvalue weighted by Gasteiger charge is -2.14. The fourth-order valence-corrected chi connectivity index (χ4v) is 3.80. The van der Waals surface area contributed by atoms with Crippen molar-refractivity contribution < 1.29 is 26.8 Å². The molecule has 3 rings (SSSR count). The van der Waals surface area contributed by atoms with Crippen LogP contribution in [0.5, 0.6) is 5.75 Å². The van der Waals surface area contributed by atoms with Crippen molar-refractivity contribution in [3.63, 3.8) is 0 Å². The Morgan fingerprint density at radius 1 is 1.17 bits per heavy atom. The molecule has 154 valence electrons. The van der Waals surface area contributed by atoms with Crippen LogP contribution in [0.15, 0.2) is 51.8 Å². The van der Waals surface area contributed by atoms with Gasteiger partial charge in [-0.3, -0.25) is 4.79 Å². The van der Waals surface area contributed by atoms with E-state index in [9.17, 15) is 17.6 Å². The molecule has 29 heavy (non-hydrogen) atoms. The molecule has 1 heterocycles. The van der Waals surface area contributed by atoms with Gasteiger partial charge in [0.1, 0.15) is 22.0 Å². The first kappa shape index (κ1) is 20.7. The normalized spacial score (nSPS) is 11.7. The number of nitrogens with one attached hydrogen (secondary N) is 1. The maximum Gasteiger partial charge on any atom is 0.300 e. The van der Waals surface area contributed by atoms with Crippen LogP contribution in [0.1, 0.15) is 24.4 Å². The summed E-state index contributed by atoms with van der Waals surface area (Å²) in [5, 5.41) is 0.0849. The number of anilines is 1. The number of para-hydroxylation sites is 1. The molecule has 0 saturated heterocycles. The third-order valence-electron chi connectivity index (χ3n) is 4.04. The minimum absolute atomic E-state index is 0.0849. The standard InChI is InChI=1S/C20H21FN2O5S/c1-12(2)27-16-7-5-6-8-19(16)29(25,26)22-20(24)18-11-14-15(21)9-13(23(3)4)10-17(14)28-18/h5-12H,1-4H3,(H,22,24). The molecular formula is C20H21FN2O5S. The van der Waals surface area contributed by atoms with E-state index >= 15 is 0 Å². The molecule has 0 bridgehead atoms. The highest BCUT2D eigenvalue weighted by atomic mass is 32.2. The van der Waals surface area contributed by atoms with E-state index in [2.05, 4.69) is 0 Å². The highest BCUT2D eigenvalue weighted by molar-refractivity contribution is 7.90. The van der Waals surface area contributed by atoms with Gasteiger partial charge in [0.15, 0.2) is 5.76 Å². The number of hydrogen-bond donors (Lipinski definition) is 1. The number of rotatable bonds is 6. The van der Waals surface area contributed by atoms with Crippen molar-refractivity contribution in [2.24, 2.45) is 0 Å². The molecule has 0 atom stereocenters. The molecule has 0 radical (unpaired) electrons. The Morgan fingerprint density at radius 3 is 2.52 bits per heavy atom. The average Bonchev–Trinajstić information content (AvgIpc) is 3.06. The molecule has 1 amide bonds. The van der Waals surface area contributed by atoms with E-state index in [-0.39, 0.29) is 33.5 Å². The second-order valence-corrected chi connectivity index (χ2v) is 8.54. The number of ether oxygens (including phenoxy) is 1. The predicted molar refractivity (Wildman–Crippen MR) is 107 cm³/mol. The van der Waals surface area contributed by atoms with Crippen molar-refractivity contribution in [2.45, 2.75) is 24.8 Å². The Kier molecular flexibility index (Phi) is 5.52. The summed E-state index contributed by atoms with van der Waals surface area (Å²) < 4.78 is 52.6. The number of amides is 1. The smallest absolute Gasteiger partial charge is 0.300 e. The summed E-state index contributed by atoms with van der Waals surface area (Å²) in [6, 6.07) is 10.0. The summed E-state index contributed by atoms with van der Waals surface area (Å²) in [4.78, 5) is 14.0. The van der Waals surface area contributed by atoms with Crippen LogP contribution >= 0.6 is 0 Å². The highest BCUT2D eigenvalue weighted by Crippen LogP contribution is 2.28. The minimum atomic E-state index is -4.24. The van der Waals surface area contributed by atoms with Gasteiger partial charge in [-0.15, -0.1) is 0 Å². The van der Waals surface area contributed by atoms with Crippen molar-refractivity contribution in [3.05, 3.63) is 54.0 Å². The zero-order valence-corrected chi connectivity index (χ0v) is 17.2. The molecule has 0 aliphatic heterocycles. The van der Waals surface area contributed by atoms with E-state index in [1.807, 2.05) is 4.72 Å². The summed E-state index contributed by atoms with van der Waals surface area (Å²) in [6.07, 6.45) is -0.258. The molecule has 2 aromatic carbocycles. The molecule has 1 N–H and O–H groups in total. The number of benzene rings is 2. The second-order valence-electron chi connectivity index (χ2n) is 6.89. The highest BCUT2D eigenvalue weighted by Gasteiger charge is 2.25. The number of carbonyl (C=O) groups is 1. The largest absolute Gasteiger partial charge is 0.490 e. The van der Waals surface area contributed by atoms with Gasteiger partial charge in [0.05, 0.1) is 11.5 Å². The first-order chi connectivity index (χ1) is 13.6. The van der Waals surface area contributed by atoms with E-state index in [0.29, 0.717) is 5.69 Å². The fourth-order valence-electron chi connectivity index (χ4n) is 2.70. The molecule has 0 fully saturated rings. The Labute approximate surface area is 168 Å². The van der Waals surface area contributed by atoms with Gasteiger partial charge in [-0.2, -0.15) is 0 Å². The summed E-state index contributed by atoms with van der Waals surface area (Å²) in [5.41, 5.74) is 0.684. The maximum atomic E-state index is 14.3. The maximum absolute atomic E-state index is 14.3. The molecule has 7 nitrogen and oxygen atoms in total. The number of carbonyl (C=O) groups excluding carboxylic acids is 1. The van der Waals surface area contributed by atoms with Crippen LogP contribution in [0.4, 0.5) is 10.1 Å². The van der Waals surface area contributed by atoms with Crippen molar-refractivity contribution in [2.75, 3.05) is 19.0 Å². The van der Waals surface area contributed by atoms with E-state index in [1.54, 1.807) is 45.0 Å². The van der Waals surface area contributed by atoms with Gasteiger partial charge >= 0.3 is 5.91 Å². The van der Waals surface area contributed by atoms with Crippen molar-refractivity contribution in [3.8, 4) is 5.75 Å². The summed E-state index contributed by atoms with van der Waals surface area (Å²) >= 11 is 0. The molecule has 0 unspecified atom stereocenters. The Morgan fingerprint density at radius 2 is 1.86 bits per heavy atom. The third kappa shape index (κ3) is 4.34. The molecule has 0 aliphatic rings. The van der Waals surface area contributed by atoms with Crippen LogP contribution in [-0.2, 0) is 10.0 Å². The number of nitrogens with zero attached hydrogens (tertiary/aromatic N) is 1. The first-order valence-corrected chi connectivity index (χ1v) is 10.3. The Bertz CT molecular complexity index is 1170. The van der Waals surface area contributed by atoms with Gasteiger partial charge in [0.2, 0.25) is 0 Å². The first-order valence-electron chi connectivity index (χ1n) is 8.81. The lowest BCUT2D eigenvalue weighted by atomic mass is 10.2. The third-order valence-corrected chi connectivity index (χ3v) is 5.41. The van der Waals surface area contributed by atoms with Gasteiger partial charge < -0.3 is 14.1 Å². The summed E-state index contributed by atoms with van der Waals surface area (Å²) in [6.45, 7) is 3.51. The number of hydrogen-bond acceptors (Lipinski definition) is 6. The lowest BCUT2D eigenvalue weighted by Crippen LogP contribution is -2.30. The number of fused-ring (bicyclic) bond motifs is 1. The molecule has 0 aliphatic carbocycles. The van der Waals surface area contributed by atoms with Crippen LogP contribution in [-0.4, -0.2) is 34.5 Å². The van der Waals surface area contributed by atoms with Crippen LogP contribution in [0.25, 0.3) is 11.0 Å². The molecule has 0 spiro atoms. The van der Waals surface area contributed by atoms with Crippen LogP contribution in [0.3, 0.4) is 0 Å². The van der Waals surface area contributed by atoms with Crippen LogP contribution in [0, 0.1) is 5.82 Å². The topological polar surface area (TPSA) is 88.8 Å². The van der Waals surface area contributed by atoms with Crippen LogP contribution in [0.2, 0.25) is 0 Å². The number of halogens is 1. The fraction of sp³-hybridized carbons (Fsp3) is 0.250. The Balaban J connectivity index is 1.93. The summed E-state index contributed by atoms with van der Waals surface area (Å²) in [7, 11) is -0.767. The lowest BCUT2D eigenvalue weighted by molar-refractivity contribution is 0.0956. The average molecular weight is 420 g/mol. The number of sulfonamides is 1. The second kappa shape index (κ2) is 7.75. The van der Waals surface area contributed by atoms with E-state index in [1.165, 1.54) is 30.3 Å². The van der Waals surface area contributed by atoms with E-state index in [4.69, 9.17) is 9.15 Å². The summed E-state index contributed by atoms with van der Waals surface area (Å²) in [5.74, 6) is -1.78. The zero-order valence-electron chi connectivity index (χ0n) is 16.4. The molecular weight excluding hydrogens is 399 g/mol. The minimum Gasteiger partial charge on any atom is -0.490 e. The quantitative estimate of drug-likeness (QED) is 0.656. The van der Waals surface area contributed by atoms with Gasteiger partial charge in [0.25, 0.3) is 10.0 Å². The molecule has 3 aromatic rings. The van der Waals surface area contributed by atoms with E-state index < -0.39 is 21.7 Å². The van der Waals surface area contributed by atoms with Gasteiger partial charge in [0, 0.05) is 31.9 Å². The Hall–Kier alpha value is -3.07. The van der Waals surface area contributed by atoms with Gasteiger partial charge in [-0.1, -0.05) is 12.1 Å². The monoisotopic (exact) mass is 420 g/mol. The van der Waals surface area contributed by atoms with Crippen molar-refractivity contribution in [1.29, 1.82) is 0 Å². The zero-order chi connectivity index (χ0) is 21.3. The molecule has 0 saturated carbocycles. The SMILES string of the molecule is CC(C)Oc1ccccc1S(=O)(=O)NC(=O)c1cc2c(F)cc(N(C)C)cc2o1. The molecule has 9 heteroatoms. The van der Waals surface area contributed by atoms with Crippen LogP contribution < -0.4 is 14.4 Å². The van der Waals surface area contributed by atoms with Crippen molar-refractivity contribution >= 4 is 32.6 Å². The van der Waals surface area contributed by atoms with Gasteiger partial charge in [-0.25, -0.2) is 17.5 Å².